The Bertz CT molecular complexity index is 857. The highest BCUT2D eigenvalue weighted by Crippen LogP contribution is 2.30. The highest BCUT2D eigenvalue weighted by atomic mass is 35.5. The average Bonchev–Trinajstić information content (AvgIpc) is 2.65. The fourth-order valence-corrected chi connectivity index (χ4v) is 3.30. The molecule has 0 heterocycles. The minimum absolute atomic E-state index is 0.107. The van der Waals surface area contributed by atoms with Crippen molar-refractivity contribution in [1.29, 1.82) is 0 Å². The fourth-order valence-electron chi connectivity index (χ4n) is 2.07. The maximum Gasteiger partial charge on any atom is 0.255 e. The SMILES string of the molecule is CCO/N=C/C(C)CSc1cc(C(=O)Nc2cc(F)c(F)c(F)c2)ccc1Cl. The molecule has 2 aromatic carbocycles. The normalized spacial score (nSPS) is 12.2. The summed E-state index contributed by atoms with van der Waals surface area (Å²) in [6, 6.07) is 6.04. The Balaban J connectivity index is 2.08. The lowest BCUT2D eigenvalue weighted by molar-refractivity contribution is 0.102. The fraction of sp³-hybridized carbons (Fsp3) is 0.263. The van der Waals surface area contributed by atoms with E-state index in [9.17, 15) is 18.0 Å². The zero-order chi connectivity index (χ0) is 20.7. The summed E-state index contributed by atoms with van der Waals surface area (Å²) in [6.07, 6.45) is 1.68. The number of hydrogen-bond acceptors (Lipinski definition) is 4. The van der Waals surface area contributed by atoms with E-state index in [4.69, 9.17) is 16.4 Å². The number of anilines is 1. The van der Waals surface area contributed by atoms with Crippen LogP contribution >= 0.6 is 23.4 Å². The molecule has 1 amide bonds. The molecule has 0 radical (unpaired) electrons. The van der Waals surface area contributed by atoms with E-state index < -0.39 is 23.4 Å². The highest BCUT2D eigenvalue weighted by molar-refractivity contribution is 7.99. The van der Waals surface area contributed by atoms with Crippen molar-refractivity contribution in [1.82, 2.24) is 0 Å². The van der Waals surface area contributed by atoms with E-state index in [-0.39, 0.29) is 17.2 Å². The molecule has 0 saturated carbocycles. The number of rotatable bonds is 8. The first kappa shape index (κ1) is 22.1. The number of nitrogens with zero attached hydrogens (tertiary/aromatic N) is 1. The zero-order valence-corrected chi connectivity index (χ0v) is 16.7. The van der Waals surface area contributed by atoms with Gasteiger partial charge in [0.1, 0.15) is 6.61 Å². The predicted molar refractivity (Wildman–Crippen MR) is 106 cm³/mol. The Kier molecular flexibility index (Phi) is 8.19. The summed E-state index contributed by atoms with van der Waals surface area (Å²) >= 11 is 7.61. The van der Waals surface area contributed by atoms with Gasteiger partial charge in [0, 0.05) is 46.2 Å². The molecular formula is C19H18ClF3N2O2S. The van der Waals surface area contributed by atoms with Crippen molar-refractivity contribution in [2.75, 3.05) is 17.7 Å². The molecule has 0 fully saturated rings. The first-order valence-electron chi connectivity index (χ1n) is 8.35. The van der Waals surface area contributed by atoms with Crippen LogP contribution in [0, 0.1) is 23.4 Å². The number of nitrogens with one attached hydrogen (secondary N) is 1. The van der Waals surface area contributed by atoms with Crippen molar-refractivity contribution >= 4 is 41.2 Å². The maximum absolute atomic E-state index is 13.3. The van der Waals surface area contributed by atoms with Crippen molar-refractivity contribution in [3.63, 3.8) is 0 Å². The van der Waals surface area contributed by atoms with Crippen LogP contribution in [0.4, 0.5) is 18.9 Å². The smallest absolute Gasteiger partial charge is 0.255 e. The molecule has 4 nitrogen and oxygen atoms in total. The van der Waals surface area contributed by atoms with Crippen LogP contribution in [0.25, 0.3) is 0 Å². The van der Waals surface area contributed by atoms with Crippen molar-refractivity contribution in [3.8, 4) is 0 Å². The quantitative estimate of drug-likeness (QED) is 0.251. The lowest BCUT2D eigenvalue weighted by Crippen LogP contribution is -2.13. The van der Waals surface area contributed by atoms with E-state index in [0.29, 0.717) is 34.4 Å². The van der Waals surface area contributed by atoms with Gasteiger partial charge in [-0.25, -0.2) is 13.2 Å². The van der Waals surface area contributed by atoms with Gasteiger partial charge in [-0.3, -0.25) is 4.79 Å². The van der Waals surface area contributed by atoms with E-state index in [1.54, 1.807) is 18.3 Å². The summed E-state index contributed by atoms with van der Waals surface area (Å²) in [7, 11) is 0. The molecule has 1 unspecified atom stereocenters. The van der Waals surface area contributed by atoms with Gasteiger partial charge in [0.15, 0.2) is 17.5 Å². The van der Waals surface area contributed by atoms with Crippen molar-refractivity contribution < 1.29 is 22.8 Å². The third kappa shape index (κ3) is 6.17. The summed E-state index contributed by atoms with van der Waals surface area (Å²) in [5, 5.41) is 6.62. The summed E-state index contributed by atoms with van der Waals surface area (Å²) < 4.78 is 39.6. The predicted octanol–water partition coefficient (Wildman–Crippen LogP) is 5.76. The van der Waals surface area contributed by atoms with Gasteiger partial charge in [0.25, 0.3) is 5.91 Å². The minimum atomic E-state index is -1.59. The second-order valence-electron chi connectivity index (χ2n) is 5.81. The molecule has 1 N–H and O–H groups in total. The van der Waals surface area contributed by atoms with Crippen LogP contribution < -0.4 is 5.32 Å². The Morgan fingerprint density at radius 3 is 2.61 bits per heavy atom. The van der Waals surface area contributed by atoms with Crippen LogP contribution in [-0.4, -0.2) is 24.5 Å². The number of halogens is 4. The molecule has 0 bridgehead atoms. The summed E-state index contributed by atoms with van der Waals surface area (Å²) in [5.74, 6) is -4.21. The molecule has 0 saturated heterocycles. The van der Waals surface area contributed by atoms with E-state index in [1.165, 1.54) is 17.8 Å². The van der Waals surface area contributed by atoms with Crippen LogP contribution in [0.2, 0.25) is 5.02 Å². The number of amides is 1. The van der Waals surface area contributed by atoms with E-state index >= 15 is 0 Å². The van der Waals surface area contributed by atoms with Gasteiger partial charge in [-0.05, 0) is 25.1 Å². The first-order valence-corrected chi connectivity index (χ1v) is 9.71. The Labute approximate surface area is 170 Å². The largest absolute Gasteiger partial charge is 0.396 e. The number of carbonyl (C=O) groups is 1. The number of oxime groups is 1. The van der Waals surface area contributed by atoms with Gasteiger partial charge >= 0.3 is 0 Å². The minimum Gasteiger partial charge on any atom is -0.396 e. The topological polar surface area (TPSA) is 50.7 Å². The van der Waals surface area contributed by atoms with E-state index in [0.717, 1.165) is 0 Å². The van der Waals surface area contributed by atoms with Gasteiger partial charge in [-0.1, -0.05) is 23.7 Å². The highest BCUT2D eigenvalue weighted by Gasteiger charge is 2.14. The van der Waals surface area contributed by atoms with Crippen LogP contribution in [0.15, 0.2) is 40.4 Å². The lowest BCUT2D eigenvalue weighted by atomic mass is 10.2. The van der Waals surface area contributed by atoms with E-state index in [2.05, 4.69) is 10.5 Å². The Hall–Kier alpha value is -2.19. The second kappa shape index (κ2) is 10.4. The Morgan fingerprint density at radius 1 is 1.29 bits per heavy atom. The van der Waals surface area contributed by atoms with Crippen LogP contribution in [0.5, 0.6) is 0 Å². The monoisotopic (exact) mass is 430 g/mol. The standard InChI is InChI=1S/C19H18ClF3N2O2S/c1-3-27-24-9-11(2)10-28-17-6-12(4-5-14(17)20)19(26)25-13-7-15(21)18(23)16(22)8-13/h4-9,11H,3,10H2,1-2H3,(H,25,26)/b24-9+. The van der Waals surface area contributed by atoms with Gasteiger partial charge < -0.3 is 10.2 Å². The van der Waals surface area contributed by atoms with Gasteiger partial charge in [0.05, 0.1) is 5.02 Å². The molecule has 2 aromatic rings. The van der Waals surface area contributed by atoms with Gasteiger partial charge in [-0.15, -0.1) is 11.8 Å². The number of benzene rings is 2. The van der Waals surface area contributed by atoms with Crippen molar-refractivity contribution in [3.05, 3.63) is 58.4 Å². The number of thioether (sulfide) groups is 1. The first-order chi connectivity index (χ1) is 13.3. The molecule has 1 atom stereocenters. The van der Waals surface area contributed by atoms with Crippen molar-refractivity contribution in [2.45, 2.75) is 18.7 Å². The molecule has 0 aliphatic heterocycles. The zero-order valence-electron chi connectivity index (χ0n) is 15.1. The molecule has 0 aromatic heterocycles. The maximum atomic E-state index is 13.3. The molecule has 0 aliphatic carbocycles. The molecule has 28 heavy (non-hydrogen) atoms. The average molecular weight is 431 g/mol. The molecule has 9 heteroatoms. The summed E-state index contributed by atoms with van der Waals surface area (Å²) in [4.78, 5) is 17.9. The number of carbonyl (C=O) groups excluding carboxylic acids is 1. The molecule has 0 spiro atoms. The molecule has 150 valence electrons. The molecule has 0 aliphatic rings. The van der Waals surface area contributed by atoms with Crippen LogP contribution in [0.1, 0.15) is 24.2 Å². The third-order valence-electron chi connectivity index (χ3n) is 3.46. The molecule has 2 rings (SSSR count). The number of hydrogen-bond donors (Lipinski definition) is 1. The Morgan fingerprint density at radius 2 is 1.96 bits per heavy atom. The van der Waals surface area contributed by atoms with Crippen LogP contribution in [-0.2, 0) is 4.84 Å². The van der Waals surface area contributed by atoms with Gasteiger partial charge in [0.2, 0.25) is 0 Å². The third-order valence-corrected chi connectivity index (χ3v) is 5.24. The van der Waals surface area contributed by atoms with Crippen LogP contribution in [0.3, 0.4) is 0 Å². The van der Waals surface area contributed by atoms with Gasteiger partial charge in [-0.2, -0.15) is 0 Å². The second-order valence-corrected chi connectivity index (χ2v) is 7.28. The lowest BCUT2D eigenvalue weighted by Gasteiger charge is -2.10. The summed E-state index contributed by atoms with van der Waals surface area (Å²) in [5.41, 5.74) is 0.0546. The molecular weight excluding hydrogens is 413 g/mol. The summed E-state index contributed by atoms with van der Waals surface area (Å²) in [6.45, 7) is 4.28. The van der Waals surface area contributed by atoms with E-state index in [1.807, 2.05) is 13.8 Å². The van der Waals surface area contributed by atoms with Crippen molar-refractivity contribution in [2.24, 2.45) is 11.1 Å².